The van der Waals surface area contributed by atoms with Gasteiger partial charge in [0.25, 0.3) is 0 Å². The van der Waals surface area contributed by atoms with E-state index in [0.717, 1.165) is 16.8 Å². The first-order chi connectivity index (χ1) is 7.28. The molecule has 0 saturated heterocycles. The minimum absolute atomic E-state index is 0.239. The number of ether oxygens (including phenoxy) is 1. The second-order valence-corrected chi connectivity index (χ2v) is 5.71. The first-order valence-electron chi connectivity index (χ1n) is 5.84. The van der Waals surface area contributed by atoms with Gasteiger partial charge in [0.2, 0.25) is 0 Å². The van der Waals surface area contributed by atoms with Crippen LogP contribution in [0.1, 0.15) is 25.0 Å². The molecule has 90 valence electrons. The van der Waals surface area contributed by atoms with Crippen molar-refractivity contribution in [1.82, 2.24) is 0 Å². The Bertz CT molecular complexity index is 350. The third-order valence-corrected chi connectivity index (χ3v) is 2.26. The summed E-state index contributed by atoms with van der Waals surface area (Å²) in [5.41, 5.74) is 2.58. The maximum atomic E-state index is 5.72. The van der Waals surface area contributed by atoms with Crippen LogP contribution in [-0.4, -0.2) is 31.7 Å². The van der Waals surface area contributed by atoms with E-state index in [-0.39, 0.29) is 6.10 Å². The zero-order valence-electron chi connectivity index (χ0n) is 11.4. The normalized spacial score (nSPS) is 11.9. The number of quaternary nitrogens is 1. The van der Waals surface area contributed by atoms with Crippen LogP contribution in [0.5, 0.6) is 5.75 Å². The molecule has 0 aliphatic rings. The Balaban J connectivity index is 2.83. The Morgan fingerprint density at radius 1 is 1.19 bits per heavy atom. The third-order valence-electron chi connectivity index (χ3n) is 2.26. The molecule has 2 nitrogen and oxygen atoms in total. The fourth-order valence-electron chi connectivity index (χ4n) is 1.74. The van der Waals surface area contributed by atoms with Crippen LogP contribution in [0.2, 0.25) is 0 Å². The van der Waals surface area contributed by atoms with E-state index in [2.05, 4.69) is 60.1 Å². The van der Waals surface area contributed by atoms with Crippen LogP contribution in [0.25, 0.3) is 0 Å². The zero-order chi connectivity index (χ0) is 12.3. The molecule has 0 atom stereocenters. The zero-order valence-corrected chi connectivity index (χ0v) is 11.4. The number of aryl methyl sites for hydroxylation is 1. The maximum absolute atomic E-state index is 5.72. The average molecular weight is 222 g/mol. The lowest BCUT2D eigenvalue weighted by Crippen LogP contribution is -2.33. The second-order valence-electron chi connectivity index (χ2n) is 5.71. The van der Waals surface area contributed by atoms with E-state index in [1.807, 2.05) is 0 Å². The van der Waals surface area contributed by atoms with E-state index in [4.69, 9.17) is 4.74 Å². The highest BCUT2D eigenvalue weighted by Gasteiger charge is 2.10. The summed E-state index contributed by atoms with van der Waals surface area (Å²) in [6, 6.07) is 6.47. The van der Waals surface area contributed by atoms with Gasteiger partial charge in [-0.1, -0.05) is 0 Å². The summed E-state index contributed by atoms with van der Waals surface area (Å²) in [7, 11) is 6.61. The van der Waals surface area contributed by atoms with E-state index in [1.54, 1.807) is 0 Å². The van der Waals surface area contributed by atoms with Gasteiger partial charge < -0.3 is 9.22 Å². The molecule has 0 spiro atoms. The smallest absolute Gasteiger partial charge is 0.122 e. The molecule has 0 bridgehead atoms. The van der Waals surface area contributed by atoms with Crippen molar-refractivity contribution in [2.24, 2.45) is 0 Å². The Labute approximate surface area is 99.4 Å². The first-order valence-corrected chi connectivity index (χ1v) is 5.84. The molecule has 0 N–H and O–H groups in total. The van der Waals surface area contributed by atoms with Crippen molar-refractivity contribution in [2.75, 3.05) is 21.1 Å². The predicted octanol–water partition coefficient (Wildman–Crippen LogP) is 2.99. The summed E-state index contributed by atoms with van der Waals surface area (Å²) in [4.78, 5) is 0. The monoisotopic (exact) mass is 222 g/mol. The van der Waals surface area contributed by atoms with E-state index in [1.165, 1.54) is 11.1 Å². The molecule has 0 heterocycles. The van der Waals surface area contributed by atoms with Crippen molar-refractivity contribution in [3.05, 3.63) is 29.3 Å². The molecule has 2 heteroatoms. The molecule has 0 amide bonds. The molecule has 0 unspecified atom stereocenters. The number of rotatable bonds is 4. The predicted molar refractivity (Wildman–Crippen MR) is 68.7 cm³/mol. The van der Waals surface area contributed by atoms with Crippen molar-refractivity contribution in [3.63, 3.8) is 0 Å². The van der Waals surface area contributed by atoms with Gasteiger partial charge in [-0.3, -0.25) is 0 Å². The summed E-state index contributed by atoms with van der Waals surface area (Å²) in [6.07, 6.45) is 0.239. The van der Waals surface area contributed by atoms with Crippen LogP contribution < -0.4 is 4.74 Å². The van der Waals surface area contributed by atoms with Gasteiger partial charge in [0.1, 0.15) is 12.3 Å². The minimum Gasteiger partial charge on any atom is -0.491 e. The van der Waals surface area contributed by atoms with Gasteiger partial charge in [-0.25, -0.2) is 0 Å². The van der Waals surface area contributed by atoms with Crippen LogP contribution in [0.15, 0.2) is 18.2 Å². The number of nitrogens with zero attached hydrogens (tertiary/aromatic N) is 1. The van der Waals surface area contributed by atoms with Crippen molar-refractivity contribution in [2.45, 2.75) is 33.4 Å². The molecule has 0 radical (unpaired) electrons. The molecule has 1 aromatic carbocycles. The average Bonchev–Trinajstić information content (AvgIpc) is 2.06. The Morgan fingerprint density at radius 3 is 2.25 bits per heavy atom. The minimum atomic E-state index is 0.239. The van der Waals surface area contributed by atoms with Crippen LogP contribution in [-0.2, 0) is 6.54 Å². The van der Waals surface area contributed by atoms with Gasteiger partial charge in [-0.05, 0) is 44.5 Å². The number of benzene rings is 1. The van der Waals surface area contributed by atoms with Crippen LogP contribution in [0.4, 0.5) is 0 Å². The third kappa shape index (κ3) is 4.23. The standard InChI is InChI=1S/C14H24NO/c1-11(2)16-14-8-7-13(9-12(14)3)10-15(4,5)6/h7-9,11H,10H2,1-6H3/q+1. The molecular formula is C14H24NO+. The Hall–Kier alpha value is -1.02. The molecule has 1 rings (SSSR count). The fraction of sp³-hybridized carbons (Fsp3) is 0.571. The van der Waals surface area contributed by atoms with Crippen molar-refractivity contribution in [3.8, 4) is 5.75 Å². The first kappa shape index (κ1) is 13.0. The highest BCUT2D eigenvalue weighted by atomic mass is 16.5. The molecule has 0 aliphatic heterocycles. The summed E-state index contributed by atoms with van der Waals surface area (Å²) in [5.74, 6) is 1.00. The van der Waals surface area contributed by atoms with Crippen LogP contribution in [0, 0.1) is 6.92 Å². The van der Waals surface area contributed by atoms with E-state index in [0.29, 0.717) is 0 Å². The molecular weight excluding hydrogens is 198 g/mol. The molecule has 0 aromatic heterocycles. The molecule has 0 saturated carbocycles. The maximum Gasteiger partial charge on any atom is 0.122 e. The van der Waals surface area contributed by atoms with Gasteiger partial charge in [0.05, 0.1) is 27.2 Å². The van der Waals surface area contributed by atoms with Crippen molar-refractivity contribution >= 4 is 0 Å². The lowest BCUT2D eigenvalue weighted by molar-refractivity contribution is -0.884. The highest BCUT2D eigenvalue weighted by Crippen LogP contribution is 2.21. The van der Waals surface area contributed by atoms with Crippen LogP contribution in [0.3, 0.4) is 0 Å². The van der Waals surface area contributed by atoms with E-state index < -0.39 is 0 Å². The van der Waals surface area contributed by atoms with E-state index >= 15 is 0 Å². The van der Waals surface area contributed by atoms with Gasteiger partial charge in [0.15, 0.2) is 0 Å². The summed E-state index contributed by atoms with van der Waals surface area (Å²) < 4.78 is 6.67. The van der Waals surface area contributed by atoms with Crippen molar-refractivity contribution in [1.29, 1.82) is 0 Å². The second kappa shape index (κ2) is 4.88. The lowest BCUT2D eigenvalue weighted by atomic mass is 10.1. The molecule has 16 heavy (non-hydrogen) atoms. The topological polar surface area (TPSA) is 9.23 Å². The lowest BCUT2D eigenvalue weighted by Gasteiger charge is -2.24. The SMILES string of the molecule is Cc1cc(C[N+](C)(C)C)ccc1OC(C)C. The molecule has 1 aromatic rings. The largest absolute Gasteiger partial charge is 0.491 e. The highest BCUT2D eigenvalue weighted by molar-refractivity contribution is 5.36. The number of hydrogen-bond donors (Lipinski definition) is 0. The quantitative estimate of drug-likeness (QED) is 0.712. The van der Waals surface area contributed by atoms with Gasteiger partial charge in [0, 0.05) is 5.56 Å². The molecule has 0 aliphatic carbocycles. The van der Waals surface area contributed by atoms with Gasteiger partial charge >= 0.3 is 0 Å². The summed E-state index contributed by atoms with van der Waals surface area (Å²) in [6.45, 7) is 7.26. The van der Waals surface area contributed by atoms with E-state index in [9.17, 15) is 0 Å². The fourth-order valence-corrected chi connectivity index (χ4v) is 1.74. The number of hydrogen-bond acceptors (Lipinski definition) is 1. The van der Waals surface area contributed by atoms with Crippen molar-refractivity contribution < 1.29 is 9.22 Å². The van der Waals surface area contributed by atoms with Gasteiger partial charge in [-0.15, -0.1) is 0 Å². The Kier molecular flexibility index (Phi) is 3.98. The molecule has 0 fully saturated rings. The Morgan fingerprint density at radius 2 is 1.81 bits per heavy atom. The summed E-state index contributed by atoms with van der Waals surface area (Å²) in [5, 5.41) is 0. The van der Waals surface area contributed by atoms with Crippen LogP contribution >= 0.6 is 0 Å². The summed E-state index contributed by atoms with van der Waals surface area (Å²) >= 11 is 0. The van der Waals surface area contributed by atoms with Gasteiger partial charge in [-0.2, -0.15) is 0 Å².